The van der Waals surface area contributed by atoms with Crippen LogP contribution in [0.3, 0.4) is 0 Å². The monoisotopic (exact) mass is 452 g/mol. The van der Waals surface area contributed by atoms with Gasteiger partial charge in [0.1, 0.15) is 11.6 Å². The van der Waals surface area contributed by atoms with Gasteiger partial charge in [-0.3, -0.25) is 9.69 Å². The zero-order valence-electron chi connectivity index (χ0n) is 19.1. The first kappa shape index (κ1) is 23.2. The van der Waals surface area contributed by atoms with E-state index in [1.54, 1.807) is 24.1 Å². The van der Waals surface area contributed by atoms with Gasteiger partial charge >= 0.3 is 0 Å². The number of hydrogen-bond acceptors (Lipinski definition) is 3. The van der Waals surface area contributed by atoms with Crippen LogP contribution in [0.5, 0.6) is 0 Å². The molecule has 4 rings (SSSR count). The molecule has 0 spiro atoms. The molecule has 174 valence electrons. The third-order valence-electron chi connectivity index (χ3n) is 6.66. The average molecular weight is 453 g/mol. The SMILES string of the molecule is Cc1cccc(CN2CCC([C@@H](Cc3ccc(F)cc3F)N(C)C(=O)c3ccco3)CC2)c1. The van der Waals surface area contributed by atoms with Crippen molar-refractivity contribution in [2.75, 3.05) is 20.1 Å². The van der Waals surface area contributed by atoms with Crippen molar-refractivity contribution >= 4 is 5.91 Å². The van der Waals surface area contributed by atoms with Crippen LogP contribution in [-0.4, -0.2) is 41.9 Å². The van der Waals surface area contributed by atoms with Crippen molar-refractivity contribution in [3.8, 4) is 0 Å². The van der Waals surface area contributed by atoms with Crippen molar-refractivity contribution in [1.82, 2.24) is 9.80 Å². The third kappa shape index (κ3) is 5.69. The number of furan rings is 1. The lowest BCUT2D eigenvalue weighted by Crippen LogP contribution is -2.47. The van der Waals surface area contributed by atoms with E-state index in [-0.39, 0.29) is 23.6 Å². The van der Waals surface area contributed by atoms with Gasteiger partial charge in [0.05, 0.1) is 6.26 Å². The van der Waals surface area contributed by atoms with Crippen LogP contribution in [0.15, 0.2) is 65.3 Å². The second-order valence-corrected chi connectivity index (χ2v) is 9.00. The van der Waals surface area contributed by atoms with Crippen molar-refractivity contribution in [2.45, 2.75) is 38.8 Å². The van der Waals surface area contributed by atoms with E-state index in [1.807, 2.05) is 0 Å². The lowest BCUT2D eigenvalue weighted by Gasteiger charge is -2.40. The predicted octanol–water partition coefficient (Wildman–Crippen LogP) is 5.46. The molecule has 33 heavy (non-hydrogen) atoms. The van der Waals surface area contributed by atoms with Crippen LogP contribution in [0.4, 0.5) is 8.78 Å². The molecule has 1 saturated heterocycles. The Bertz CT molecular complexity index is 1080. The summed E-state index contributed by atoms with van der Waals surface area (Å²) in [7, 11) is 1.75. The minimum atomic E-state index is -0.600. The average Bonchev–Trinajstić information content (AvgIpc) is 3.33. The van der Waals surface area contributed by atoms with Crippen LogP contribution in [0.25, 0.3) is 0 Å². The molecule has 1 aliphatic heterocycles. The van der Waals surface area contributed by atoms with Gasteiger partial charge in [0, 0.05) is 25.7 Å². The first-order chi connectivity index (χ1) is 15.9. The number of amides is 1. The number of hydrogen-bond donors (Lipinski definition) is 0. The van der Waals surface area contributed by atoms with Gasteiger partial charge in [0.25, 0.3) is 5.91 Å². The molecule has 1 atom stereocenters. The van der Waals surface area contributed by atoms with Gasteiger partial charge in [0.15, 0.2) is 5.76 Å². The standard InChI is InChI=1S/C27H30F2N2O2/c1-19-5-3-6-20(15-19)18-31-12-10-21(11-13-31)25(16-22-8-9-23(28)17-24(22)29)30(2)27(32)26-7-4-14-33-26/h3-9,14-15,17,21,25H,10-13,16,18H2,1-2H3/t25-/m1/s1. The summed E-state index contributed by atoms with van der Waals surface area (Å²) in [4.78, 5) is 17.1. The van der Waals surface area contributed by atoms with Crippen LogP contribution in [0.2, 0.25) is 0 Å². The van der Waals surface area contributed by atoms with Crippen molar-refractivity contribution in [3.05, 3.63) is 94.9 Å². The lowest BCUT2D eigenvalue weighted by atomic mass is 9.84. The van der Waals surface area contributed by atoms with E-state index in [9.17, 15) is 13.6 Å². The quantitative estimate of drug-likeness (QED) is 0.478. The molecule has 4 nitrogen and oxygen atoms in total. The van der Waals surface area contributed by atoms with Gasteiger partial charge in [-0.2, -0.15) is 0 Å². The molecule has 0 unspecified atom stereocenters. The molecule has 0 radical (unpaired) electrons. The fourth-order valence-corrected chi connectivity index (χ4v) is 4.82. The minimum Gasteiger partial charge on any atom is -0.459 e. The molecular formula is C27H30F2N2O2. The van der Waals surface area contributed by atoms with E-state index in [0.29, 0.717) is 12.0 Å². The van der Waals surface area contributed by atoms with Crippen LogP contribution in [-0.2, 0) is 13.0 Å². The summed E-state index contributed by atoms with van der Waals surface area (Å²) in [6.45, 7) is 4.81. The van der Waals surface area contributed by atoms with Crippen LogP contribution in [0.1, 0.15) is 40.1 Å². The minimum absolute atomic E-state index is 0.201. The number of carbonyl (C=O) groups is 1. The topological polar surface area (TPSA) is 36.7 Å². The van der Waals surface area contributed by atoms with Gasteiger partial charge in [-0.15, -0.1) is 0 Å². The van der Waals surface area contributed by atoms with Gasteiger partial charge < -0.3 is 9.32 Å². The highest BCUT2D eigenvalue weighted by Crippen LogP contribution is 2.29. The maximum absolute atomic E-state index is 14.5. The first-order valence-corrected chi connectivity index (χ1v) is 11.4. The number of aryl methyl sites for hydroxylation is 1. The highest BCUT2D eigenvalue weighted by molar-refractivity contribution is 5.91. The number of likely N-dealkylation sites (tertiary alicyclic amines) is 1. The molecule has 0 saturated carbocycles. The van der Waals surface area contributed by atoms with Crippen LogP contribution in [0, 0.1) is 24.5 Å². The number of carbonyl (C=O) groups excluding carboxylic acids is 1. The molecule has 1 aliphatic rings. The molecule has 2 heterocycles. The van der Waals surface area contributed by atoms with E-state index < -0.39 is 11.6 Å². The summed E-state index contributed by atoms with van der Waals surface area (Å²) >= 11 is 0. The van der Waals surface area contributed by atoms with Gasteiger partial charge in [-0.05, 0) is 74.5 Å². The second kappa shape index (κ2) is 10.3. The van der Waals surface area contributed by atoms with Crippen LogP contribution >= 0.6 is 0 Å². The molecule has 1 fully saturated rings. The summed E-state index contributed by atoms with van der Waals surface area (Å²) in [6, 6.07) is 15.3. The molecule has 0 N–H and O–H groups in total. The van der Waals surface area contributed by atoms with Crippen LogP contribution < -0.4 is 0 Å². The zero-order valence-corrected chi connectivity index (χ0v) is 19.1. The summed E-state index contributed by atoms with van der Waals surface area (Å²) < 4.78 is 33.2. The fourth-order valence-electron chi connectivity index (χ4n) is 4.82. The Morgan fingerprint density at radius 3 is 2.58 bits per heavy atom. The van der Waals surface area contributed by atoms with Gasteiger partial charge in [-0.1, -0.05) is 35.9 Å². The smallest absolute Gasteiger partial charge is 0.289 e. The summed E-state index contributed by atoms with van der Waals surface area (Å²) in [5.41, 5.74) is 2.97. The van der Waals surface area contributed by atoms with E-state index in [1.165, 1.54) is 29.5 Å². The van der Waals surface area contributed by atoms with E-state index in [2.05, 4.69) is 36.1 Å². The number of piperidine rings is 1. The third-order valence-corrected chi connectivity index (χ3v) is 6.66. The molecule has 6 heteroatoms. The highest BCUT2D eigenvalue weighted by Gasteiger charge is 2.33. The van der Waals surface area contributed by atoms with E-state index in [0.717, 1.165) is 38.5 Å². The number of halogens is 2. The molecule has 1 aromatic heterocycles. The summed E-state index contributed by atoms with van der Waals surface area (Å²) in [5, 5.41) is 0. The Morgan fingerprint density at radius 2 is 1.91 bits per heavy atom. The summed E-state index contributed by atoms with van der Waals surface area (Å²) in [5.74, 6) is -0.936. The molecule has 1 amide bonds. The van der Waals surface area contributed by atoms with Gasteiger partial charge in [0.2, 0.25) is 0 Å². The van der Waals surface area contributed by atoms with Gasteiger partial charge in [-0.25, -0.2) is 8.78 Å². The van der Waals surface area contributed by atoms with Crippen molar-refractivity contribution in [1.29, 1.82) is 0 Å². The van der Waals surface area contributed by atoms with Crippen molar-refractivity contribution < 1.29 is 18.0 Å². The Hall–Kier alpha value is -2.99. The Labute approximate surface area is 193 Å². The largest absolute Gasteiger partial charge is 0.459 e. The Kier molecular flexibility index (Phi) is 7.23. The first-order valence-electron chi connectivity index (χ1n) is 11.4. The second-order valence-electron chi connectivity index (χ2n) is 9.00. The molecule has 2 aromatic carbocycles. The van der Waals surface area contributed by atoms with E-state index >= 15 is 0 Å². The predicted molar refractivity (Wildman–Crippen MR) is 124 cm³/mol. The summed E-state index contributed by atoms with van der Waals surface area (Å²) in [6.07, 6.45) is 3.60. The number of likely N-dealkylation sites (N-methyl/N-ethyl adjacent to an activating group) is 1. The Balaban J connectivity index is 1.48. The number of benzene rings is 2. The fraction of sp³-hybridized carbons (Fsp3) is 0.370. The lowest BCUT2D eigenvalue weighted by molar-refractivity contribution is 0.0554. The van der Waals surface area contributed by atoms with E-state index in [4.69, 9.17) is 4.42 Å². The van der Waals surface area contributed by atoms with Crippen molar-refractivity contribution in [2.24, 2.45) is 5.92 Å². The normalized spacial score (nSPS) is 16.0. The molecular weight excluding hydrogens is 422 g/mol. The number of rotatable bonds is 7. The van der Waals surface area contributed by atoms with Crippen molar-refractivity contribution in [3.63, 3.8) is 0 Å². The maximum atomic E-state index is 14.5. The highest BCUT2D eigenvalue weighted by atomic mass is 19.1. The zero-order chi connectivity index (χ0) is 23.4. The molecule has 3 aromatic rings. The molecule has 0 aliphatic carbocycles. The number of nitrogens with zero attached hydrogens (tertiary/aromatic N) is 2. The Morgan fingerprint density at radius 1 is 1.12 bits per heavy atom. The maximum Gasteiger partial charge on any atom is 0.289 e. The molecule has 0 bridgehead atoms.